The topological polar surface area (TPSA) is 62.6 Å². The number of rotatable bonds is 7. The molecule has 2 heterocycles. The average Bonchev–Trinajstić information content (AvgIpc) is 3.33. The predicted molar refractivity (Wildman–Crippen MR) is 132 cm³/mol. The lowest BCUT2D eigenvalue weighted by molar-refractivity contribution is 0.317. The summed E-state index contributed by atoms with van der Waals surface area (Å²) in [6.45, 7) is 15.3. The number of fused-ring (bicyclic) bond motifs is 1. The zero-order chi connectivity index (χ0) is 23.1. The van der Waals surface area contributed by atoms with E-state index in [2.05, 4.69) is 11.7 Å². The van der Waals surface area contributed by atoms with E-state index in [0.717, 1.165) is 60.3 Å². The van der Waals surface area contributed by atoms with Gasteiger partial charge in [-0.3, -0.25) is 5.21 Å². The Hall–Kier alpha value is -2.41. The van der Waals surface area contributed by atoms with E-state index >= 15 is 0 Å². The lowest BCUT2D eigenvalue weighted by Crippen LogP contribution is -2.10. The first-order valence-corrected chi connectivity index (χ1v) is 11.4. The van der Waals surface area contributed by atoms with E-state index in [1.165, 1.54) is 0 Å². The Labute approximate surface area is 193 Å². The van der Waals surface area contributed by atoms with Crippen LogP contribution >= 0.6 is 23.5 Å². The zero-order valence-electron chi connectivity index (χ0n) is 18.8. The first-order chi connectivity index (χ1) is 14.9. The summed E-state index contributed by atoms with van der Waals surface area (Å²) in [5.41, 5.74) is 4.30. The SMILES string of the molecule is C=C/C=C(\C(=C/C)SN(O)c1noc(C)c1C)c1ccc(CCl)c2cc(C)oc12.CC. The highest BCUT2D eigenvalue weighted by atomic mass is 35.5. The molecule has 3 rings (SSSR count). The van der Waals surface area contributed by atoms with Gasteiger partial charge in [0.2, 0.25) is 5.82 Å². The second-order valence-electron chi connectivity index (χ2n) is 6.53. The Kier molecular flexibility index (Phi) is 9.04. The maximum absolute atomic E-state index is 10.6. The number of hydrogen-bond acceptors (Lipinski definition) is 6. The number of furan rings is 1. The van der Waals surface area contributed by atoms with Crippen LogP contribution in [0, 0.1) is 20.8 Å². The van der Waals surface area contributed by atoms with Crippen molar-refractivity contribution in [1.29, 1.82) is 0 Å². The molecule has 0 amide bonds. The molecule has 2 aromatic heterocycles. The molecule has 0 spiro atoms. The lowest BCUT2D eigenvalue weighted by Gasteiger charge is -2.18. The fraction of sp³-hybridized carbons (Fsp3) is 0.292. The molecule has 0 saturated heterocycles. The van der Waals surface area contributed by atoms with Crippen LogP contribution in [0.15, 0.2) is 56.9 Å². The summed E-state index contributed by atoms with van der Waals surface area (Å²) in [6, 6.07) is 5.97. The van der Waals surface area contributed by atoms with E-state index in [1.807, 2.05) is 65.0 Å². The first-order valence-electron chi connectivity index (χ1n) is 10.1. The molecular formula is C24H29ClN2O3S. The minimum absolute atomic E-state index is 0.362. The van der Waals surface area contributed by atoms with Crippen molar-refractivity contribution < 1.29 is 14.1 Å². The van der Waals surface area contributed by atoms with Gasteiger partial charge in [0.15, 0.2) is 0 Å². The van der Waals surface area contributed by atoms with Gasteiger partial charge in [-0.15, -0.1) is 11.6 Å². The van der Waals surface area contributed by atoms with Crippen LogP contribution in [0.25, 0.3) is 16.5 Å². The molecule has 31 heavy (non-hydrogen) atoms. The minimum atomic E-state index is 0.362. The molecule has 0 fully saturated rings. The monoisotopic (exact) mass is 460 g/mol. The van der Waals surface area contributed by atoms with Crippen LogP contribution in [0.4, 0.5) is 5.82 Å². The minimum Gasteiger partial charge on any atom is -0.461 e. The quantitative estimate of drug-likeness (QED) is 0.166. The van der Waals surface area contributed by atoms with Crippen LogP contribution in [0.5, 0.6) is 0 Å². The fourth-order valence-electron chi connectivity index (χ4n) is 3.03. The number of aryl methyl sites for hydroxylation is 2. The van der Waals surface area contributed by atoms with Gasteiger partial charge in [-0.05, 0) is 39.3 Å². The van der Waals surface area contributed by atoms with Gasteiger partial charge in [0.1, 0.15) is 17.1 Å². The van der Waals surface area contributed by atoms with Crippen LogP contribution in [0.3, 0.4) is 0 Å². The second kappa shape index (κ2) is 11.3. The Balaban J connectivity index is 0.00000166. The van der Waals surface area contributed by atoms with Crippen molar-refractivity contribution in [3.05, 3.63) is 76.1 Å². The van der Waals surface area contributed by atoms with Crippen molar-refractivity contribution in [2.75, 3.05) is 4.47 Å². The van der Waals surface area contributed by atoms with Crippen molar-refractivity contribution in [1.82, 2.24) is 5.16 Å². The lowest BCUT2D eigenvalue weighted by atomic mass is 9.99. The normalized spacial score (nSPS) is 12.0. The third kappa shape index (κ3) is 5.26. The van der Waals surface area contributed by atoms with Gasteiger partial charge >= 0.3 is 0 Å². The van der Waals surface area contributed by atoms with E-state index in [0.29, 0.717) is 17.5 Å². The molecule has 0 unspecified atom stereocenters. The summed E-state index contributed by atoms with van der Waals surface area (Å²) >= 11 is 7.25. The molecule has 1 aromatic carbocycles. The third-order valence-corrected chi connectivity index (χ3v) is 5.93. The summed E-state index contributed by atoms with van der Waals surface area (Å²) in [4.78, 5) is 0.807. The molecule has 0 aliphatic rings. The summed E-state index contributed by atoms with van der Waals surface area (Å²) in [5, 5.41) is 15.5. The molecule has 0 saturated carbocycles. The average molecular weight is 461 g/mol. The standard InChI is InChI=1S/C22H23ClN2O3S.C2H6/c1-6-8-17(18-10-9-16(12-23)19-11-13(3)27-21(18)19)20(7-2)29-25(26)22-14(4)15(5)28-24-22;1-2/h6-11,26H,1,12H2,2-5H3;1-2H3/b17-8-,20-7+;. The Morgan fingerprint density at radius 1 is 1.29 bits per heavy atom. The maximum Gasteiger partial charge on any atom is 0.210 e. The molecule has 0 radical (unpaired) electrons. The Morgan fingerprint density at radius 2 is 2.00 bits per heavy atom. The number of nitrogens with zero attached hydrogens (tertiary/aromatic N) is 2. The second-order valence-corrected chi connectivity index (χ2v) is 7.76. The largest absolute Gasteiger partial charge is 0.461 e. The maximum atomic E-state index is 10.6. The van der Waals surface area contributed by atoms with Gasteiger partial charge < -0.3 is 8.94 Å². The number of benzene rings is 1. The third-order valence-electron chi connectivity index (χ3n) is 4.64. The fourth-order valence-corrected chi connectivity index (χ4v) is 4.09. The van der Waals surface area contributed by atoms with Crippen molar-refractivity contribution in [2.24, 2.45) is 0 Å². The molecule has 0 aliphatic heterocycles. The number of aromatic nitrogens is 1. The molecule has 5 nitrogen and oxygen atoms in total. The number of alkyl halides is 1. The molecule has 0 aliphatic carbocycles. The molecule has 1 N–H and O–H groups in total. The first kappa shape index (κ1) is 24.9. The summed E-state index contributed by atoms with van der Waals surface area (Å²) in [7, 11) is 0. The van der Waals surface area contributed by atoms with Gasteiger partial charge in [0.25, 0.3) is 0 Å². The summed E-state index contributed by atoms with van der Waals surface area (Å²) in [6.07, 6.45) is 5.52. The van der Waals surface area contributed by atoms with Gasteiger partial charge in [-0.2, -0.15) is 4.47 Å². The van der Waals surface area contributed by atoms with E-state index in [9.17, 15) is 5.21 Å². The highest BCUT2D eigenvalue weighted by Gasteiger charge is 2.21. The molecule has 3 aromatic rings. The van der Waals surface area contributed by atoms with Gasteiger partial charge in [-0.25, -0.2) is 0 Å². The van der Waals surface area contributed by atoms with E-state index in [4.69, 9.17) is 20.5 Å². The summed E-state index contributed by atoms with van der Waals surface area (Å²) < 4.78 is 12.2. The van der Waals surface area contributed by atoms with Gasteiger partial charge in [-0.1, -0.05) is 55.9 Å². The van der Waals surface area contributed by atoms with Crippen LogP contribution in [-0.4, -0.2) is 10.4 Å². The van der Waals surface area contributed by atoms with Crippen molar-refractivity contribution in [3.63, 3.8) is 0 Å². The van der Waals surface area contributed by atoms with Gasteiger partial charge in [0.05, 0.1) is 0 Å². The van der Waals surface area contributed by atoms with Crippen LogP contribution in [0.1, 0.15) is 49.0 Å². The van der Waals surface area contributed by atoms with Crippen LogP contribution in [-0.2, 0) is 5.88 Å². The Bertz CT molecular complexity index is 1110. The highest BCUT2D eigenvalue weighted by Crippen LogP contribution is 2.40. The van der Waals surface area contributed by atoms with Crippen LogP contribution < -0.4 is 4.47 Å². The van der Waals surface area contributed by atoms with Gasteiger partial charge in [0, 0.05) is 44.8 Å². The van der Waals surface area contributed by atoms with Crippen molar-refractivity contribution >= 4 is 45.9 Å². The molecule has 0 bridgehead atoms. The zero-order valence-corrected chi connectivity index (χ0v) is 20.4. The number of anilines is 1. The smallest absolute Gasteiger partial charge is 0.210 e. The van der Waals surface area contributed by atoms with Crippen molar-refractivity contribution in [2.45, 2.75) is 47.4 Å². The van der Waals surface area contributed by atoms with Crippen molar-refractivity contribution in [3.8, 4) is 0 Å². The number of hydrogen-bond donors (Lipinski definition) is 1. The van der Waals surface area contributed by atoms with E-state index in [-0.39, 0.29) is 0 Å². The number of halogens is 1. The molecule has 0 atom stereocenters. The Morgan fingerprint density at radius 3 is 2.55 bits per heavy atom. The summed E-state index contributed by atoms with van der Waals surface area (Å²) in [5.74, 6) is 2.23. The predicted octanol–water partition coefficient (Wildman–Crippen LogP) is 8.13. The van der Waals surface area contributed by atoms with E-state index < -0.39 is 0 Å². The molecule has 166 valence electrons. The van der Waals surface area contributed by atoms with Crippen LogP contribution in [0.2, 0.25) is 0 Å². The van der Waals surface area contributed by atoms with E-state index in [1.54, 1.807) is 13.0 Å². The highest BCUT2D eigenvalue weighted by molar-refractivity contribution is 8.04. The molecular weight excluding hydrogens is 432 g/mol. The molecule has 7 heteroatoms. The number of allylic oxidation sites excluding steroid dienone is 4.